The van der Waals surface area contributed by atoms with Gasteiger partial charge in [-0.3, -0.25) is 5.01 Å². The van der Waals surface area contributed by atoms with E-state index in [2.05, 4.69) is 56.2 Å². The molecule has 2 N–H and O–H groups in total. The van der Waals surface area contributed by atoms with Crippen molar-refractivity contribution in [3.05, 3.63) is 70.8 Å². The number of aliphatic hydroxyl groups is 1. The highest BCUT2D eigenvalue weighted by Crippen LogP contribution is 2.54. The van der Waals surface area contributed by atoms with Crippen molar-refractivity contribution in [2.75, 3.05) is 13.2 Å². The predicted molar refractivity (Wildman–Crippen MR) is 138 cm³/mol. The van der Waals surface area contributed by atoms with Gasteiger partial charge in [0.1, 0.15) is 11.4 Å². The maximum Gasteiger partial charge on any atom is 0.130 e. The van der Waals surface area contributed by atoms with Crippen LogP contribution in [0.1, 0.15) is 78.2 Å². The lowest BCUT2D eigenvalue weighted by molar-refractivity contribution is 0.148. The minimum atomic E-state index is -0.240. The molecule has 4 rings (SSSR count). The lowest BCUT2D eigenvalue weighted by atomic mass is 9.82. The molecule has 0 saturated heterocycles. The first kappa shape index (κ1) is 24.7. The zero-order chi connectivity index (χ0) is 24.3. The summed E-state index contributed by atoms with van der Waals surface area (Å²) >= 11 is 0. The van der Waals surface area contributed by atoms with Gasteiger partial charge in [-0.25, -0.2) is 4.39 Å². The van der Waals surface area contributed by atoms with E-state index in [0.29, 0.717) is 0 Å². The van der Waals surface area contributed by atoms with Crippen LogP contribution in [0.5, 0.6) is 0 Å². The highest BCUT2D eigenvalue weighted by molar-refractivity contribution is 6.05. The molecule has 1 aromatic rings. The second kappa shape index (κ2) is 10.1. The van der Waals surface area contributed by atoms with Gasteiger partial charge in [0, 0.05) is 30.5 Å². The van der Waals surface area contributed by atoms with Crippen LogP contribution in [0, 0.1) is 17.2 Å². The van der Waals surface area contributed by atoms with Crippen molar-refractivity contribution in [2.24, 2.45) is 16.4 Å². The first-order chi connectivity index (χ1) is 16.3. The van der Waals surface area contributed by atoms with Gasteiger partial charge in [0.15, 0.2) is 0 Å². The lowest BCUT2D eigenvalue weighted by Gasteiger charge is -2.33. The molecule has 0 aromatic heterocycles. The summed E-state index contributed by atoms with van der Waals surface area (Å²) in [6, 6.07) is 6.82. The van der Waals surface area contributed by atoms with Crippen LogP contribution in [0.25, 0.3) is 0 Å². The van der Waals surface area contributed by atoms with Gasteiger partial charge in [0.05, 0.1) is 5.71 Å². The van der Waals surface area contributed by atoms with E-state index in [-0.39, 0.29) is 29.3 Å². The Labute approximate surface area is 204 Å². The van der Waals surface area contributed by atoms with Gasteiger partial charge in [-0.1, -0.05) is 57.4 Å². The van der Waals surface area contributed by atoms with Gasteiger partial charge >= 0.3 is 0 Å². The Morgan fingerprint density at radius 2 is 1.94 bits per heavy atom. The molecule has 2 aliphatic carbocycles. The van der Waals surface area contributed by atoms with E-state index in [4.69, 9.17) is 5.10 Å². The quantitative estimate of drug-likeness (QED) is 0.377. The smallest absolute Gasteiger partial charge is 0.130 e. The predicted octanol–water partition coefficient (Wildman–Crippen LogP) is 6.30. The topological polar surface area (TPSA) is 47.9 Å². The van der Waals surface area contributed by atoms with Crippen LogP contribution in [-0.4, -0.2) is 34.5 Å². The second-order valence-corrected chi connectivity index (χ2v) is 10.9. The molecular formula is C29H40FN3O. The van der Waals surface area contributed by atoms with Crippen molar-refractivity contribution < 1.29 is 9.50 Å². The average Bonchev–Trinajstić information content (AvgIpc) is 3.45. The Morgan fingerprint density at radius 3 is 2.59 bits per heavy atom. The Kier molecular flexibility index (Phi) is 7.32. The number of halogens is 1. The van der Waals surface area contributed by atoms with E-state index in [9.17, 15) is 9.50 Å². The maximum atomic E-state index is 13.7. The number of allylic oxidation sites excluding steroid dienone is 4. The maximum absolute atomic E-state index is 13.7. The Hall–Kier alpha value is -2.40. The fourth-order valence-corrected chi connectivity index (χ4v) is 5.18. The molecule has 5 heteroatoms. The monoisotopic (exact) mass is 465 g/mol. The third-order valence-corrected chi connectivity index (χ3v) is 7.50. The van der Waals surface area contributed by atoms with Gasteiger partial charge in [-0.2, -0.15) is 5.10 Å². The van der Waals surface area contributed by atoms with Crippen molar-refractivity contribution >= 4 is 5.71 Å². The number of unbranched alkanes of at least 4 members (excludes halogenated alkanes) is 1. The number of nitrogens with zero attached hydrogens (tertiary/aromatic N) is 2. The normalized spacial score (nSPS) is 24.1. The van der Waals surface area contributed by atoms with Gasteiger partial charge in [-0.05, 0) is 74.3 Å². The first-order valence-electron chi connectivity index (χ1n) is 12.9. The summed E-state index contributed by atoms with van der Waals surface area (Å²) in [4.78, 5) is 0. The summed E-state index contributed by atoms with van der Waals surface area (Å²) in [7, 11) is 0. The average molecular weight is 466 g/mol. The Morgan fingerprint density at radius 1 is 1.18 bits per heavy atom. The molecule has 4 nitrogen and oxygen atoms in total. The van der Waals surface area contributed by atoms with E-state index >= 15 is 0 Å². The molecule has 184 valence electrons. The van der Waals surface area contributed by atoms with Crippen LogP contribution in [0.3, 0.4) is 0 Å². The molecular weight excluding hydrogens is 425 g/mol. The van der Waals surface area contributed by atoms with Gasteiger partial charge in [0.25, 0.3) is 0 Å². The number of aliphatic hydroxyl groups excluding tert-OH is 1. The Bertz CT molecular complexity index is 1000. The fraction of sp³-hybridized carbons (Fsp3) is 0.552. The van der Waals surface area contributed by atoms with E-state index < -0.39 is 0 Å². The number of hydrogen-bond acceptors (Lipinski definition) is 4. The summed E-state index contributed by atoms with van der Waals surface area (Å²) in [5.41, 5.74) is 5.69. The summed E-state index contributed by atoms with van der Waals surface area (Å²) in [6.45, 7) is 9.72. The van der Waals surface area contributed by atoms with Crippen molar-refractivity contribution in [1.29, 1.82) is 0 Å². The largest absolute Gasteiger partial charge is 0.396 e. The third kappa shape index (κ3) is 5.00. The van der Waals surface area contributed by atoms with E-state index in [1.807, 2.05) is 12.1 Å². The molecule has 1 aliphatic heterocycles. The molecule has 0 saturated carbocycles. The van der Waals surface area contributed by atoms with Crippen LogP contribution in [0.4, 0.5) is 4.39 Å². The molecule has 0 amide bonds. The van der Waals surface area contributed by atoms with E-state index in [1.54, 1.807) is 12.1 Å². The lowest BCUT2D eigenvalue weighted by Crippen LogP contribution is -2.41. The van der Waals surface area contributed by atoms with E-state index in [1.165, 1.54) is 17.0 Å². The second-order valence-electron chi connectivity index (χ2n) is 10.9. The van der Waals surface area contributed by atoms with Crippen LogP contribution in [0.2, 0.25) is 0 Å². The number of hydrazone groups is 1. The SMILES string of the molecule is CCCCC1C(c2ccc(F)cc2)=NN(C2=CC=C(C)CC2)C12C=C2NCCCC(C)(C)CO. The molecule has 2 atom stereocenters. The summed E-state index contributed by atoms with van der Waals surface area (Å²) in [5.74, 6) is 0.0227. The van der Waals surface area contributed by atoms with Gasteiger partial charge in [0.2, 0.25) is 0 Å². The van der Waals surface area contributed by atoms with Crippen LogP contribution < -0.4 is 5.32 Å². The van der Waals surface area contributed by atoms with Crippen molar-refractivity contribution in [3.63, 3.8) is 0 Å². The fourth-order valence-electron chi connectivity index (χ4n) is 5.18. The van der Waals surface area contributed by atoms with Crippen molar-refractivity contribution in [2.45, 2.75) is 78.2 Å². The number of nitrogens with one attached hydrogen (secondary N) is 1. The zero-order valence-electron chi connectivity index (χ0n) is 21.2. The minimum absolute atomic E-state index is 0.0453. The molecule has 0 bridgehead atoms. The number of benzene rings is 1. The molecule has 1 spiro atoms. The molecule has 34 heavy (non-hydrogen) atoms. The van der Waals surface area contributed by atoms with Crippen LogP contribution >= 0.6 is 0 Å². The highest BCUT2D eigenvalue weighted by atomic mass is 19.1. The summed E-state index contributed by atoms with van der Waals surface area (Å²) in [5, 5.41) is 20.8. The first-order valence-corrected chi connectivity index (χ1v) is 12.9. The van der Waals surface area contributed by atoms with Crippen LogP contribution in [0.15, 0.2) is 64.6 Å². The number of hydrogen-bond donors (Lipinski definition) is 2. The molecule has 0 fully saturated rings. The summed E-state index contributed by atoms with van der Waals surface area (Å²) < 4.78 is 13.7. The molecule has 1 aromatic carbocycles. The molecule has 2 unspecified atom stereocenters. The van der Waals surface area contributed by atoms with Crippen LogP contribution in [-0.2, 0) is 0 Å². The van der Waals surface area contributed by atoms with Gasteiger partial charge in [-0.15, -0.1) is 0 Å². The zero-order valence-corrected chi connectivity index (χ0v) is 21.2. The molecule has 1 heterocycles. The van der Waals surface area contributed by atoms with Gasteiger partial charge < -0.3 is 10.4 Å². The standard InChI is InChI=1S/C29H40FN3O/c1-5-6-8-25-27(22-11-13-23(30)14-12-22)32-33(24-15-9-21(2)10-16-24)29(25)19-26(29)31-18-7-17-28(3,4)20-34/h9,11-15,19,25,31,34H,5-8,10,16-18,20H2,1-4H3. The summed E-state index contributed by atoms with van der Waals surface area (Å²) in [6.07, 6.45) is 14.1. The minimum Gasteiger partial charge on any atom is -0.396 e. The van der Waals surface area contributed by atoms with E-state index in [0.717, 1.165) is 62.8 Å². The third-order valence-electron chi connectivity index (χ3n) is 7.50. The highest BCUT2D eigenvalue weighted by Gasteiger charge is 2.61. The molecule has 3 aliphatic rings. The molecule has 0 radical (unpaired) electrons. The van der Waals surface area contributed by atoms with Crippen molar-refractivity contribution in [1.82, 2.24) is 10.3 Å². The Balaban J connectivity index is 1.60. The number of rotatable bonds is 11. The van der Waals surface area contributed by atoms with Crippen molar-refractivity contribution in [3.8, 4) is 0 Å².